The summed E-state index contributed by atoms with van der Waals surface area (Å²) in [7, 11) is 0. The van der Waals surface area contributed by atoms with Crippen molar-refractivity contribution >= 4 is 35.3 Å². The molecule has 0 aliphatic heterocycles. The Morgan fingerprint density at radius 2 is 1.57 bits per heavy atom. The average molecular weight is 505 g/mol. The van der Waals surface area contributed by atoms with E-state index in [0.29, 0.717) is 5.56 Å². The summed E-state index contributed by atoms with van der Waals surface area (Å²) in [6.07, 6.45) is -3.19. The maximum atomic E-state index is 13.7. The highest BCUT2D eigenvalue weighted by Crippen LogP contribution is 2.32. The molecule has 0 saturated carbocycles. The van der Waals surface area contributed by atoms with Crippen molar-refractivity contribution in [3.05, 3.63) is 115 Å². The predicted molar refractivity (Wildman–Crippen MR) is 122 cm³/mol. The van der Waals surface area contributed by atoms with E-state index in [2.05, 4.69) is 0 Å². The zero-order valence-corrected chi connectivity index (χ0v) is 18.4. The molecule has 0 bridgehead atoms. The van der Waals surface area contributed by atoms with Crippen LogP contribution in [0.1, 0.15) is 37.4 Å². The van der Waals surface area contributed by atoms with Gasteiger partial charge < -0.3 is 5.11 Å². The van der Waals surface area contributed by atoms with Crippen LogP contribution in [-0.4, -0.2) is 21.8 Å². The number of halogens is 4. The molecule has 0 aliphatic carbocycles. The Hall–Kier alpha value is -3.99. The van der Waals surface area contributed by atoms with Crippen LogP contribution in [0.25, 0.3) is 6.08 Å². The largest absolute Gasteiger partial charge is 0.478 e. The molecule has 0 fully saturated rings. The molecule has 3 aromatic rings. The number of alkyl halides is 3. The summed E-state index contributed by atoms with van der Waals surface area (Å²) in [6.45, 7) is 0. The van der Waals surface area contributed by atoms with E-state index in [1.807, 2.05) is 0 Å². The second kappa shape index (κ2) is 10.5. The quantitative estimate of drug-likeness (QED) is 0.122. The number of carbonyl (C=O) groups is 2. The highest BCUT2D eigenvalue weighted by Gasteiger charge is 2.30. The predicted octanol–water partition coefficient (Wildman–Crippen LogP) is 6.61. The van der Waals surface area contributed by atoms with E-state index in [4.69, 9.17) is 5.11 Å². The number of hydrogen-bond acceptors (Lipinski definition) is 5. The fourth-order valence-electron chi connectivity index (χ4n) is 2.94. The van der Waals surface area contributed by atoms with Crippen molar-refractivity contribution < 1.29 is 37.2 Å². The third-order valence-corrected chi connectivity index (χ3v) is 5.85. The number of nitro groups is 1. The molecule has 0 heterocycles. The van der Waals surface area contributed by atoms with E-state index in [0.717, 1.165) is 36.0 Å². The van der Waals surface area contributed by atoms with Crippen LogP contribution in [0.4, 0.5) is 23.2 Å². The minimum Gasteiger partial charge on any atom is -0.478 e. The summed E-state index contributed by atoms with van der Waals surface area (Å²) in [5.74, 6) is -2.70. The third kappa shape index (κ3) is 6.54. The first-order valence-electron chi connectivity index (χ1n) is 9.78. The molecule has 11 heteroatoms. The van der Waals surface area contributed by atoms with Gasteiger partial charge in [-0.3, -0.25) is 14.9 Å². The van der Waals surface area contributed by atoms with Gasteiger partial charge in [0.25, 0.3) is 0 Å². The molecule has 0 atom stereocenters. The molecule has 0 aromatic heterocycles. The van der Waals surface area contributed by atoms with Gasteiger partial charge in [0.05, 0.1) is 21.0 Å². The minimum absolute atomic E-state index is 0.0429. The number of thioether (sulfide) groups is 1. The average Bonchev–Trinajstić information content (AvgIpc) is 2.82. The number of nitrogens with zero attached hydrogens (tertiary/aromatic N) is 1. The van der Waals surface area contributed by atoms with Crippen molar-refractivity contribution in [3.8, 4) is 0 Å². The summed E-state index contributed by atoms with van der Waals surface area (Å²) in [5, 5.41) is 20.1. The van der Waals surface area contributed by atoms with Crippen LogP contribution in [0.3, 0.4) is 0 Å². The molecule has 0 spiro atoms. The molecule has 0 amide bonds. The van der Waals surface area contributed by atoms with Gasteiger partial charge in [-0.1, -0.05) is 30.3 Å². The van der Waals surface area contributed by atoms with Crippen LogP contribution in [0.5, 0.6) is 0 Å². The Kier molecular flexibility index (Phi) is 7.70. The van der Waals surface area contributed by atoms with Crippen molar-refractivity contribution in [2.24, 2.45) is 0 Å². The van der Waals surface area contributed by atoms with E-state index < -0.39 is 39.9 Å². The van der Waals surface area contributed by atoms with Crippen LogP contribution >= 0.6 is 11.8 Å². The number of hydrogen-bond donors (Lipinski definition) is 1. The Balaban J connectivity index is 1.94. The summed E-state index contributed by atoms with van der Waals surface area (Å²) < 4.78 is 52.1. The molecule has 0 radical (unpaired) electrons. The van der Waals surface area contributed by atoms with Crippen molar-refractivity contribution in [1.29, 1.82) is 0 Å². The van der Waals surface area contributed by atoms with Crippen LogP contribution in [0.15, 0.2) is 71.6 Å². The second-order valence-corrected chi connectivity index (χ2v) is 8.19. The summed E-state index contributed by atoms with van der Waals surface area (Å²) in [5.41, 5.74) is -0.896. The smallest absolute Gasteiger partial charge is 0.416 e. The van der Waals surface area contributed by atoms with Crippen LogP contribution in [0, 0.1) is 15.9 Å². The molecule has 3 rings (SSSR count). The fraction of sp³-hybridized carbons (Fsp3) is 0.0833. The Bertz CT molecular complexity index is 1300. The summed E-state index contributed by atoms with van der Waals surface area (Å²) >= 11 is 0.965. The number of allylic oxidation sites excluding steroid dienone is 1. The Morgan fingerprint density at radius 1 is 0.971 bits per heavy atom. The maximum Gasteiger partial charge on any atom is 0.416 e. The number of rotatable bonds is 8. The fourth-order valence-corrected chi connectivity index (χ4v) is 3.92. The van der Waals surface area contributed by atoms with Gasteiger partial charge in [0.1, 0.15) is 0 Å². The first-order chi connectivity index (χ1) is 16.5. The molecule has 0 unspecified atom stereocenters. The van der Waals surface area contributed by atoms with Crippen molar-refractivity contribution in [2.75, 3.05) is 0 Å². The lowest BCUT2D eigenvalue weighted by atomic mass is 10.1. The minimum atomic E-state index is -4.49. The van der Waals surface area contributed by atoms with Crippen LogP contribution in [0.2, 0.25) is 0 Å². The topological polar surface area (TPSA) is 97.5 Å². The number of carboxylic acid groups (broad SMARTS) is 1. The van der Waals surface area contributed by atoms with Gasteiger partial charge in [0.2, 0.25) is 5.82 Å². The number of benzene rings is 3. The number of carboxylic acids is 1. The molecule has 0 saturated heterocycles. The molecule has 3 aromatic carbocycles. The van der Waals surface area contributed by atoms with Crippen LogP contribution in [-0.2, 0) is 11.9 Å². The lowest BCUT2D eigenvalue weighted by Crippen LogP contribution is -2.05. The Morgan fingerprint density at radius 3 is 2.11 bits per heavy atom. The normalized spacial score (nSPS) is 11.8. The van der Waals surface area contributed by atoms with E-state index in [1.54, 1.807) is 0 Å². The zero-order valence-electron chi connectivity index (χ0n) is 17.6. The zero-order chi connectivity index (χ0) is 25.8. The molecular formula is C24H15F4NO5S. The SMILES string of the molecule is O=C(O)c1ccc(C(=O)C(=Cc2ccc(F)c([N+](=O)[O-])c2)SCc2ccc(C(F)(F)F)cc2)cc1. The summed E-state index contributed by atoms with van der Waals surface area (Å²) in [6, 6.07) is 12.5. The highest BCUT2D eigenvalue weighted by atomic mass is 32.2. The first kappa shape index (κ1) is 25.6. The molecular weight excluding hydrogens is 490 g/mol. The molecule has 0 aliphatic rings. The second-order valence-electron chi connectivity index (χ2n) is 7.17. The van der Waals surface area contributed by atoms with Gasteiger partial charge in [-0.25, -0.2) is 4.79 Å². The van der Waals surface area contributed by atoms with Gasteiger partial charge in [-0.15, -0.1) is 11.8 Å². The van der Waals surface area contributed by atoms with Gasteiger partial charge >= 0.3 is 17.8 Å². The molecule has 180 valence electrons. The van der Waals surface area contributed by atoms with E-state index >= 15 is 0 Å². The van der Waals surface area contributed by atoms with Crippen molar-refractivity contribution in [1.82, 2.24) is 0 Å². The van der Waals surface area contributed by atoms with E-state index in [9.17, 15) is 37.3 Å². The summed E-state index contributed by atoms with van der Waals surface area (Å²) in [4.78, 5) is 34.4. The van der Waals surface area contributed by atoms with Gasteiger partial charge in [0.15, 0.2) is 5.78 Å². The van der Waals surface area contributed by atoms with E-state index in [1.165, 1.54) is 48.5 Å². The van der Waals surface area contributed by atoms with Gasteiger partial charge in [-0.05, 0) is 47.5 Å². The molecule has 1 N–H and O–H groups in total. The van der Waals surface area contributed by atoms with Crippen LogP contribution < -0.4 is 0 Å². The lowest BCUT2D eigenvalue weighted by Gasteiger charge is -2.10. The number of nitro benzene ring substituents is 1. The lowest BCUT2D eigenvalue weighted by molar-refractivity contribution is -0.387. The first-order valence-corrected chi connectivity index (χ1v) is 10.8. The third-order valence-electron chi connectivity index (χ3n) is 4.76. The molecule has 6 nitrogen and oxygen atoms in total. The number of carbonyl (C=O) groups excluding carboxylic acids is 1. The number of aromatic carboxylic acids is 1. The van der Waals surface area contributed by atoms with Gasteiger partial charge in [-0.2, -0.15) is 17.6 Å². The maximum absolute atomic E-state index is 13.7. The standard InChI is InChI=1S/C24H15F4NO5S/c25-19-10-3-15(11-20(19)29(33)34)12-21(22(30)16-4-6-17(7-5-16)23(31)32)35-13-14-1-8-18(9-2-14)24(26,27)28/h1-12H,13H2,(H,31,32). The number of ketones is 1. The number of Topliss-reactive ketones (excluding diaryl/α,β-unsaturated/α-hetero) is 1. The molecule has 35 heavy (non-hydrogen) atoms. The monoisotopic (exact) mass is 505 g/mol. The van der Waals surface area contributed by atoms with Crippen molar-refractivity contribution in [3.63, 3.8) is 0 Å². The highest BCUT2D eigenvalue weighted by molar-refractivity contribution is 8.03. The Labute approximate surface area is 200 Å². The van der Waals surface area contributed by atoms with E-state index in [-0.39, 0.29) is 27.3 Å². The van der Waals surface area contributed by atoms with Crippen molar-refractivity contribution in [2.45, 2.75) is 11.9 Å². The van der Waals surface area contributed by atoms with Gasteiger partial charge in [0, 0.05) is 17.4 Å².